The molecular weight excluding hydrogens is 230 g/mol. The first-order chi connectivity index (χ1) is 8.66. The molecule has 0 spiro atoms. The average molecular weight is 253 g/mol. The monoisotopic (exact) mass is 253 g/mol. The summed E-state index contributed by atoms with van der Waals surface area (Å²) in [6.07, 6.45) is 3.74. The number of likely N-dealkylation sites (tertiary alicyclic amines) is 1. The summed E-state index contributed by atoms with van der Waals surface area (Å²) in [5.74, 6) is 0.222. The zero-order chi connectivity index (χ0) is 13.0. The predicted molar refractivity (Wildman–Crippen MR) is 69.0 cm³/mol. The third kappa shape index (κ3) is 3.45. The van der Waals surface area contributed by atoms with Gasteiger partial charge in [0, 0.05) is 33.1 Å². The molecule has 1 unspecified atom stereocenters. The van der Waals surface area contributed by atoms with Crippen LogP contribution in [0, 0.1) is 5.92 Å². The van der Waals surface area contributed by atoms with Crippen LogP contribution in [0.25, 0.3) is 0 Å². The van der Waals surface area contributed by atoms with Gasteiger partial charge < -0.3 is 15.1 Å². The van der Waals surface area contributed by atoms with Gasteiger partial charge in [0.05, 0.1) is 5.92 Å². The molecule has 1 atom stereocenters. The minimum Gasteiger partial charge on any atom is -0.355 e. The largest absolute Gasteiger partial charge is 0.355 e. The SMILES string of the molecule is CN(CCN1CCCC1)C(=O)C1CCC(=O)NC1. The molecule has 0 aromatic heterocycles. The van der Waals surface area contributed by atoms with E-state index >= 15 is 0 Å². The van der Waals surface area contributed by atoms with Gasteiger partial charge in [-0.25, -0.2) is 0 Å². The van der Waals surface area contributed by atoms with Gasteiger partial charge in [-0.05, 0) is 32.4 Å². The molecule has 5 nitrogen and oxygen atoms in total. The molecule has 0 radical (unpaired) electrons. The molecular formula is C13H23N3O2. The van der Waals surface area contributed by atoms with Gasteiger partial charge in [0.15, 0.2) is 0 Å². The number of nitrogens with zero attached hydrogens (tertiary/aromatic N) is 2. The number of likely N-dealkylation sites (N-methyl/N-ethyl adjacent to an activating group) is 1. The Bertz CT molecular complexity index is 303. The fourth-order valence-corrected chi connectivity index (χ4v) is 2.66. The van der Waals surface area contributed by atoms with E-state index in [2.05, 4.69) is 10.2 Å². The minimum atomic E-state index is -0.0220. The molecule has 5 heteroatoms. The maximum atomic E-state index is 12.2. The van der Waals surface area contributed by atoms with E-state index in [4.69, 9.17) is 0 Å². The van der Waals surface area contributed by atoms with Gasteiger partial charge >= 0.3 is 0 Å². The third-order valence-electron chi connectivity index (χ3n) is 3.94. The lowest BCUT2D eigenvalue weighted by molar-refractivity contribution is -0.136. The summed E-state index contributed by atoms with van der Waals surface area (Å²) in [5, 5.41) is 2.77. The van der Waals surface area contributed by atoms with E-state index in [1.165, 1.54) is 25.9 Å². The molecule has 0 saturated carbocycles. The fraction of sp³-hybridized carbons (Fsp3) is 0.846. The molecule has 0 aliphatic carbocycles. The second-order valence-electron chi connectivity index (χ2n) is 5.35. The zero-order valence-corrected chi connectivity index (χ0v) is 11.2. The van der Waals surface area contributed by atoms with E-state index in [0.717, 1.165) is 13.1 Å². The Labute approximate surface area is 108 Å². The van der Waals surface area contributed by atoms with Gasteiger partial charge in [-0.15, -0.1) is 0 Å². The van der Waals surface area contributed by atoms with Crippen molar-refractivity contribution in [1.29, 1.82) is 0 Å². The number of nitrogens with one attached hydrogen (secondary N) is 1. The van der Waals surface area contributed by atoms with E-state index in [9.17, 15) is 9.59 Å². The maximum absolute atomic E-state index is 12.2. The first-order valence-electron chi connectivity index (χ1n) is 6.91. The van der Waals surface area contributed by atoms with Gasteiger partial charge in [0.2, 0.25) is 11.8 Å². The lowest BCUT2D eigenvalue weighted by Crippen LogP contribution is -2.45. The molecule has 18 heavy (non-hydrogen) atoms. The number of carbonyl (C=O) groups excluding carboxylic acids is 2. The molecule has 2 saturated heterocycles. The first-order valence-corrected chi connectivity index (χ1v) is 6.91. The van der Waals surface area contributed by atoms with Crippen molar-refractivity contribution in [2.45, 2.75) is 25.7 Å². The Kier molecular flexibility index (Phi) is 4.58. The van der Waals surface area contributed by atoms with Gasteiger partial charge in [0.1, 0.15) is 0 Å². The fourth-order valence-electron chi connectivity index (χ4n) is 2.66. The van der Waals surface area contributed by atoms with Crippen LogP contribution in [0.2, 0.25) is 0 Å². The van der Waals surface area contributed by atoms with Gasteiger partial charge in [-0.2, -0.15) is 0 Å². The molecule has 2 fully saturated rings. The second-order valence-corrected chi connectivity index (χ2v) is 5.35. The smallest absolute Gasteiger partial charge is 0.227 e. The van der Waals surface area contributed by atoms with Crippen molar-refractivity contribution in [3.05, 3.63) is 0 Å². The molecule has 2 heterocycles. The van der Waals surface area contributed by atoms with Gasteiger partial charge in [0.25, 0.3) is 0 Å². The van der Waals surface area contributed by atoms with E-state index in [1.807, 2.05) is 11.9 Å². The first kappa shape index (κ1) is 13.3. The normalized spacial score (nSPS) is 24.9. The Balaban J connectivity index is 1.72. The van der Waals surface area contributed by atoms with Crippen LogP contribution in [0.3, 0.4) is 0 Å². The lowest BCUT2D eigenvalue weighted by Gasteiger charge is -2.28. The van der Waals surface area contributed by atoms with Crippen LogP contribution in [-0.2, 0) is 9.59 Å². The maximum Gasteiger partial charge on any atom is 0.227 e. The Hall–Kier alpha value is -1.10. The number of hydrogen-bond donors (Lipinski definition) is 1. The number of piperidine rings is 1. The Morgan fingerprint density at radius 2 is 2.17 bits per heavy atom. The van der Waals surface area contributed by atoms with E-state index < -0.39 is 0 Å². The van der Waals surface area contributed by atoms with Crippen LogP contribution in [0.5, 0.6) is 0 Å². The average Bonchev–Trinajstić information content (AvgIpc) is 2.89. The molecule has 2 aliphatic heterocycles. The van der Waals surface area contributed by atoms with Crippen molar-refractivity contribution in [3.63, 3.8) is 0 Å². The van der Waals surface area contributed by atoms with Crippen LogP contribution >= 0.6 is 0 Å². The Morgan fingerprint density at radius 1 is 1.44 bits per heavy atom. The van der Waals surface area contributed by atoms with Crippen LogP contribution in [-0.4, -0.2) is 61.4 Å². The van der Waals surface area contributed by atoms with Crippen molar-refractivity contribution in [1.82, 2.24) is 15.1 Å². The molecule has 102 valence electrons. The molecule has 0 aromatic carbocycles. The second kappa shape index (κ2) is 6.18. The molecule has 0 aromatic rings. The molecule has 0 bridgehead atoms. The number of hydrogen-bond acceptors (Lipinski definition) is 3. The standard InChI is InChI=1S/C13H23N3O2/c1-15(8-9-16-6-2-3-7-16)13(18)11-4-5-12(17)14-10-11/h11H,2-10H2,1H3,(H,14,17). The highest BCUT2D eigenvalue weighted by Crippen LogP contribution is 2.14. The third-order valence-corrected chi connectivity index (χ3v) is 3.94. The summed E-state index contributed by atoms with van der Waals surface area (Å²) in [6.45, 7) is 4.61. The lowest BCUT2D eigenvalue weighted by atomic mass is 9.98. The highest BCUT2D eigenvalue weighted by molar-refractivity contribution is 5.83. The quantitative estimate of drug-likeness (QED) is 0.771. The topological polar surface area (TPSA) is 52.7 Å². The summed E-state index contributed by atoms with van der Waals surface area (Å²) in [7, 11) is 1.87. The minimum absolute atomic E-state index is 0.0220. The van der Waals surface area contributed by atoms with Crippen molar-refractivity contribution in [3.8, 4) is 0 Å². The van der Waals surface area contributed by atoms with E-state index in [1.54, 1.807) is 0 Å². The highest BCUT2D eigenvalue weighted by atomic mass is 16.2. The van der Waals surface area contributed by atoms with Crippen molar-refractivity contribution in [2.24, 2.45) is 5.92 Å². The Morgan fingerprint density at radius 3 is 2.78 bits per heavy atom. The van der Waals surface area contributed by atoms with Crippen LogP contribution in [0.15, 0.2) is 0 Å². The summed E-state index contributed by atoms with van der Waals surface area (Å²) in [5.41, 5.74) is 0. The van der Waals surface area contributed by atoms with Crippen LogP contribution < -0.4 is 5.32 Å². The number of carbonyl (C=O) groups is 2. The van der Waals surface area contributed by atoms with E-state index in [-0.39, 0.29) is 17.7 Å². The van der Waals surface area contributed by atoms with Crippen LogP contribution in [0.4, 0.5) is 0 Å². The summed E-state index contributed by atoms with van der Waals surface area (Å²) >= 11 is 0. The van der Waals surface area contributed by atoms with Gasteiger partial charge in [-0.1, -0.05) is 0 Å². The highest BCUT2D eigenvalue weighted by Gasteiger charge is 2.26. The predicted octanol–water partition coefficient (Wildman–Crippen LogP) is 0.0668. The van der Waals surface area contributed by atoms with Gasteiger partial charge in [-0.3, -0.25) is 9.59 Å². The van der Waals surface area contributed by atoms with Crippen molar-refractivity contribution >= 4 is 11.8 Å². The van der Waals surface area contributed by atoms with E-state index in [0.29, 0.717) is 19.4 Å². The summed E-state index contributed by atoms with van der Waals surface area (Å²) < 4.78 is 0. The molecule has 1 N–H and O–H groups in total. The summed E-state index contributed by atoms with van der Waals surface area (Å²) in [6, 6.07) is 0. The molecule has 2 amide bonds. The van der Waals surface area contributed by atoms with Crippen LogP contribution in [0.1, 0.15) is 25.7 Å². The van der Waals surface area contributed by atoms with Crippen molar-refractivity contribution in [2.75, 3.05) is 39.8 Å². The number of rotatable bonds is 4. The summed E-state index contributed by atoms with van der Waals surface area (Å²) in [4.78, 5) is 27.5. The molecule has 2 rings (SSSR count). The van der Waals surface area contributed by atoms with Crippen molar-refractivity contribution < 1.29 is 9.59 Å². The zero-order valence-electron chi connectivity index (χ0n) is 11.2. The number of amides is 2. The molecule has 2 aliphatic rings.